The van der Waals surface area contributed by atoms with Crippen molar-refractivity contribution in [3.8, 4) is 0 Å². The normalized spacial score (nSPS) is 11.2. The monoisotopic (exact) mass is 394 g/mol. The molecule has 0 heterocycles. The van der Waals surface area contributed by atoms with E-state index in [2.05, 4.69) is 21.2 Å². The van der Waals surface area contributed by atoms with E-state index in [0.29, 0.717) is 21.8 Å². The highest BCUT2D eigenvalue weighted by Gasteiger charge is 2.24. The summed E-state index contributed by atoms with van der Waals surface area (Å²) in [5.41, 5.74) is 5.83. The van der Waals surface area contributed by atoms with Crippen LogP contribution in [-0.2, 0) is 4.79 Å². The van der Waals surface area contributed by atoms with Gasteiger partial charge < -0.3 is 11.1 Å². The molecule has 0 fully saturated rings. The fraction of sp³-hybridized carbons (Fsp3) is 0.176. The van der Waals surface area contributed by atoms with Crippen molar-refractivity contribution < 1.29 is 9.59 Å². The second-order valence-electron chi connectivity index (χ2n) is 5.67. The number of hydrogen-bond acceptors (Lipinski definition) is 3. The highest BCUT2D eigenvalue weighted by molar-refractivity contribution is 9.10. The van der Waals surface area contributed by atoms with Gasteiger partial charge in [-0.05, 0) is 44.2 Å². The zero-order valence-electron chi connectivity index (χ0n) is 12.7. The SMILES string of the molecule is CC(C)(N)C(=O)Nc1ccc(Br)cc1C(=O)c1ccccc1Cl. The van der Waals surface area contributed by atoms with Crippen LogP contribution >= 0.6 is 27.5 Å². The molecule has 0 bridgehead atoms. The second kappa shape index (κ2) is 6.83. The van der Waals surface area contributed by atoms with Gasteiger partial charge in [0.15, 0.2) is 5.78 Å². The van der Waals surface area contributed by atoms with Crippen molar-refractivity contribution in [2.75, 3.05) is 5.32 Å². The summed E-state index contributed by atoms with van der Waals surface area (Å²) in [5, 5.41) is 3.05. The molecule has 2 aromatic carbocycles. The number of halogens is 2. The van der Waals surface area contributed by atoms with Crippen molar-refractivity contribution in [2.45, 2.75) is 19.4 Å². The van der Waals surface area contributed by atoms with Crippen LogP contribution in [0, 0.1) is 0 Å². The van der Waals surface area contributed by atoms with Crippen LogP contribution in [0.2, 0.25) is 5.02 Å². The Labute approximate surface area is 148 Å². The van der Waals surface area contributed by atoms with Crippen LogP contribution in [-0.4, -0.2) is 17.2 Å². The molecule has 3 N–H and O–H groups in total. The van der Waals surface area contributed by atoms with Crippen molar-refractivity contribution in [1.29, 1.82) is 0 Å². The van der Waals surface area contributed by atoms with Crippen molar-refractivity contribution >= 4 is 44.9 Å². The smallest absolute Gasteiger partial charge is 0.243 e. The molecule has 0 aromatic heterocycles. The Morgan fingerprint density at radius 3 is 2.39 bits per heavy atom. The summed E-state index contributed by atoms with van der Waals surface area (Å²) in [7, 11) is 0. The molecular weight excluding hydrogens is 380 g/mol. The first-order valence-corrected chi connectivity index (χ1v) is 8.06. The van der Waals surface area contributed by atoms with E-state index in [1.165, 1.54) is 0 Å². The van der Waals surface area contributed by atoms with Crippen LogP contribution in [0.4, 0.5) is 5.69 Å². The number of hydrogen-bond donors (Lipinski definition) is 2. The van der Waals surface area contributed by atoms with Gasteiger partial charge in [0.25, 0.3) is 0 Å². The molecule has 0 saturated heterocycles. The van der Waals surface area contributed by atoms with E-state index in [1.807, 2.05) is 0 Å². The third-order valence-electron chi connectivity index (χ3n) is 3.18. The molecule has 0 spiro atoms. The van der Waals surface area contributed by atoms with Gasteiger partial charge in [-0.1, -0.05) is 39.7 Å². The van der Waals surface area contributed by atoms with Gasteiger partial charge in [-0.15, -0.1) is 0 Å². The zero-order valence-corrected chi connectivity index (χ0v) is 15.0. The van der Waals surface area contributed by atoms with Crippen LogP contribution in [0.25, 0.3) is 0 Å². The Morgan fingerprint density at radius 1 is 1.13 bits per heavy atom. The summed E-state index contributed by atoms with van der Waals surface area (Å²) < 4.78 is 0.720. The number of nitrogens with one attached hydrogen (secondary N) is 1. The maximum atomic E-state index is 12.8. The molecule has 2 aromatic rings. The van der Waals surface area contributed by atoms with Crippen molar-refractivity contribution in [3.63, 3.8) is 0 Å². The van der Waals surface area contributed by atoms with Crippen LogP contribution in [0.1, 0.15) is 29.8 Å². The standard InChI is InChI=1S/C17H16BrClN2O2/c1-17(2,20)16(23)21-14-8-7-10(18)9-12(14)15(22)11-5-3-4-6-13(11)19/h3-9H,20H2,1-2H3,(H,21,23). The maximum Gasteiger partial charge on any atom is 0.243 e. The first-order chi connectivity index (χ1) is 10.7. The van der Waals surface area contributed by atoms with Crippen LogP contribution in [0.15, 0.2) is 46.9 Å². The van der Waals surface area contributed by atoms with E-state index in [1.54, 1.807) is 56.3 Å². The number of rotatable bonds is 4. The third kappa shape index (κ3) is 4.19. The molecule has 0 unspecified atom stereocenters. The van der Waals surface area contributed by atoms with E-state index in [4.69, 9.17) is 17.3 Å². The maximum absolute atomic E-state index is 12.8. The molecule has 1 amide bonds. The summed E-state index contributed by atoms with van der Waals surface area (Å²) in [4.78, 5) is 24.9. The molecular formula is C17H16BrClN2O2. The highest BCUT2D eigenvalue weighted by Crippen LogP contribution is 2.27. The third-order valence-corrected chi connectivity index (χ3v) is 4.00. The summed E-state index contributed by atoms with van der Waals surface area (Å²) in [6.45, 7) is 3.19. The van der Waals surface area contributed by atoms with Crippen LogP contribution < -0.4 is 11.1 Å². The molecule has 0 aliphatic carbocycles. The molecule has 0 radical (unpaired) electrons. The molecule has 0 atom stereocenters. The van der Waals surface area contributed by atoms with Crippen molar-refractivity contribution in [3.05, 3.63) is 63.1 Å². The van der Waals surface area contributed by atoms with Gasteiger partial charge in [-0.2, -0.15) is 0 Å². The predicted molar refractivity (Wildman–Crippen MR) is 95.9 cm³/mol. The molecule has 4 nitrogen and oxygen atoms in total. The number of amides is 1. The van der Waals surface area contributed by atoms with Gasteiger partial charge in [0.1, 0.15) is 0 Å². The number of anilines is 1. The minimum absolute atomic E-state index is 0.276. The summed E-state index contributed by atoms with van der Waals surface area (Å²) in [6, 6.07) is 11.8. The number of carbonyl (C=O) groups is 2. The van der Waals surface area contributed by atoms with Gasteiger partial charge in [0, 0.05) is 15.6 Å². The second-order valence-corrected chi connectivity index (χ2v) is 7.00. The van der Waals surface area contributed by atoms with Gasteiger partial charge in [0.2, 0.25) is 5.91 Å². The Balaban J connectivity index is 2.46. The average Bonchev–Trinajstić information content (AvgIpc) is 2.48. The van der Waals surface area contributed by atoms with Gasteiger partial charge in [0.05, 0.1) is 16.2 Å². The fourth-order valence-corrected chi connectivity index (χ4v) is 2.47. The molecule has 0 aliphatic rings. The van der Waals surface area contributed by atoms with Crippen molar-refractivity contribution in [2.24, 2.45) is 5.73 Å². The molecule has 120 valence electrons. The summed E-state index contributed by atoms with van der Waals surface area (Å²) in [5.74, 6) is -0.657. The largest absolute Gasteiger partial charge is 0.324 e. The number of ketones is 1. The van der Waals surface area contributed by atoms with Crippen LogP contribution in [0.3, 0.4) is 0 Å². The lowest BCUT2D eigenvalue weighted by Crippen LogP contribution is -2.45. The fourth-order valence-electron chi connectivity index (χ4n) is 1.89. The van der Waals surface area contributed by atoms with Gasteiger partial charge >= 0.3 is 0 Å². The summed E-state index contributed by atoms with van der Waals surface area (Å²) in [6.07, 6.45) is 0. The Bertz CT molecular complexity index is 769. The lowest BCUT2D eigenvalue weighted by Gasteiger charge is -2.19. The molecule has 6 heteroatoms. The predicted octanol–water partition coefficient (Wildman–Crippen LogP) is 4.01. The minimum atomic E-state index is -1.06. The van der Waals surface area contributed by atoms with E-state index in [0.717, 1.165) is 4.47 Å². The quantitative estimate of drug-likeness (QED) is 0.768. The molecule has 23 heavy (non-hydrogen) atoms. The van der Waals surface area contributed by atoms with E-state index in [-0.39, 0.29) is 11.7 Å². The lowest BCUT2D eigenvalue weighted by molar-refractivity contribution is -0.120. The Morgan fingerprint density at radius 2 is 1.78 bits per heavy atom. The van der Waals surface area contributed by atoms with E-state index < -0.39 is 5.54 Å². The number of carbonyl (C=O) groups excluding carboxylic acids is 2. The first kappa shape index (κ1) is 17.7. The van der Waals surface area contributed by atoms with E-state index in [9.17, 15) is 9.59 Å². The topological polar surface area (TPSA) is 72.2 Å². The van der Waals surface area contributed by atoms with Gasteiger partial charge in [-0.25, -0.2) is 0 Å². The molecule has 2 rings (SSSR count). The van der Waals surface area contributed by atoms with Crippen molar-refractivity contribution in [1.82, 2.24) is 0 Å². The summed E-state index contributed by atoms with van der Waals surface area (Å²) >= 11 is 9.44. The molecule has 0 saturated carbocycles. The minimum Gasteiger partial charge on any atom is -0.324 e. The average molecular weight is 396 g/mol. The number of nitrogens with two attached hydrogens (primary N) is 1. The molecule has 0 aliphatic heterocycles. The van der Waals surface area contributed by atoms with Crippen LogP contribution in [0.5, 0.6) is 0 Å². The Hall–Kier alpha value is -1.69. The lowest BCUT2D eigenvalue weighted by atomic mass is 10.0. The Kier molecular flexibility index (Phi) is 5.24. The van der Waals surface area contributed by atoms with Gasteiger partial charge in [-0.3, -0.25) is 9.59 Å². The van der Waals surface area contributed by atoms with E-state index >= 15 is 0 Å². The number of benzene rings is 2. The highest BCUT2D eigenvalue weighted by atomic mass is 79.9. The first-order valence-electron chi connectivity index (χ1n) is 6.89. The zero-order chi connectivity index (χ0) is 17.2.